The van der Waals surface area contributed by atoms with E-state index in [4.69, 9.17) is 0 Å². The zero-order valence-electron chi connectivity index (χ0n) is 11.5. The largest absolute Gasteiger partial charge is 0.395 e. The number of aliphatic hydroxyl groups is 2. The molecule has 0 aliphatic rings. The Balaban J connectivity index is 2.42. The van der Waals surface area contributed by atoms with Crippen LogP contribution < -0.4 is 0 Å². The molecule has 0 fully saturated rings. The van der Waals surface area contributed by atoms with E-state index in [2.05, 4.69) is 0 Å². The SMILES string of the molecule is Cc1cccc(C(CO)(CO)Cc2ccccc2F)c1. The molecule has 20 heavy (non-hydrogen) atoms. The Kier molecular flexibility index (Phi) is 4.53. The summed E-state index contributed by atoms with van der Waals surface area (Å²) >= 11 is 0. The van der Waals surface area contributed by atoms with Crippen LogP contribution in [0.2, 0.25) is 0 Å². The first-order chi connectivity index (χ1) is 9.61. The van der Waals surface area contributed by atoms with Gasteiger partial charge in [-0.3, -0.25) is 0 Å². The molecule has 0 radical (unpaired) electrons. The first-order valence-corrected chi connectivity index (χ1v) is 6.63. The molecule has 0 spiro atoms. The standard InChI is InChI=1S/C17H19FO2/c1-13-5-4-7-15(9-13)17(11-19,12-20)10-14-6-2-3-8-16(14)18/h2-9,19-20H,10-12H2,1H3. The van der Waals surface area contributed by atoms with Gasteiger partial charge in [-0.1, -0.05) is 48.0 Å². The molecule has 0 heterocycles. The molecule has 106 valence electrons. The second-order valence-electron chi connectivity index (χ2n) is 5.23. The first kappa shape index (κ1) is 14.7. The van der Waals surface area contributed by atoms with Gasteiger partial charge in [0.2, 0.25) is 0 Å². The lowest BCUT2D eigenvalue weighted by molar-refractivity contribution is 0.115. The van der Waals surface area contributed by atoms with Crippen molar-refractivity contribution in [2.24, 2.45) is 0 Å². The predicted octanol–water partition coefficient (Wildman–Crippen LogP) is 2.60. The zero-order chi connectivity index (χ0) is 14.6. The van der Waals surface area contributed by atoms with Crippen LogP contribution in [-0.4, -0.2) is 23.4 Å². The van der Waals surface area contributed by atoms with Crippen LogP contribution in [0, 0.1) is 12.7 Å². The summed E-state index contributed by atoms with van der Waals surface area (Å²) in [6.07, 6.45) is 0.260. The molecule has 0 aliphatic heterocycles. The van der Waals surface area contributed by atoms with Gasteiger partial charge in [0.05, 0.1) is 13.2 Å². The minimum absolute atomic E-state index is 0.235. The lowest BCUT2D eigenvalue weighted by Crippen LogP contribution is -2.37. The van der Waals surface area contributed by atoms with Gasteiger partial charge in [0.1, 0.15) is 5.82 Å². The number of rotatable bonds is 5. The summed E-state index contributed by atoms with van der Waals surface area (Å²) in [5.41, 5.74) is 1.50. The third-order valence-corrected chi connectivity index (χ3v) is 3.72. The highest BCUT2D eigenvalue weighted by Gasteiger charge is 2.32. The van der Waals surface area contributed by atoms with Crippen LogP contribution in [0.4, 0.5) is 4.39 Å². The fourth-order valence-corrected chi connectivity index (χ4v) is 2.43. The van der Waals surface area contributed by atoms with E-state index in [-0.39, 0.29) is 25.5 Å². The molecule has 2 aromatic carbocycles. The third-order valence-electron chi connectivity index (χ3n) is 3.72. The molecular formula is C17H19FO2. The van der Waals surface area contributed by atoms with Crippen LogP contribution in [0.5, 0.6) is 0 Å². The van der Waals surface area contributed by atoms with Crippen molar-refractivity contribution in [3.8, 4) is 0 Å². The molecule has 3 heteroatoms. The Labute approximate surface area is 118 Å². The summed E-state index contributed by atoms with van der Waals surface area (Å²) in [4.78, 5) is 0. The van der Waals surface area contributed by atoms with Crippen molar-refractivity contribution in [3.05, 3.63) is 71.0 Å². The molecule has 2 nitrogen and oxygen atoms in total. The molecule has 2 aromatic rings. The quantitative estimate of drug-likeness (QED) is 0.880. The molecular weight excluding hydrogens is 255 g/mol. The van der Waals surface area contributed by atoms with Crippen LogP contribution in [0.15, 0.2) is 48.5 Å². The molecule has 0 saturated carbocycles. The zero-order valence-corrected chi connectivity index (χ0v) is 11.5. The fourth-order valence-electron chi connectivity index (χ4n) is 2.43. The first-order valence-electron chi connectivity index (χ1n) is 6.63. The average molecular weight is 274 g/mol. The summed E-state index contributed by atoms with van der Waals surface area (Å²) in [5.74, 6) is -0.313. The highest BCUT2D eigenvalue weighted by Crippen LogP contribution is 2.29. The molecule has 0 bridgehead atoms. The summed E-state index contributed by atoms with van der Waals surface area (Å²) < 4.78 is 13.8. The fraction of sp³-hybridized carbons (Fsp3) is 0.294. The maximum absolute atomic E-state index is 13.8. The molecule has 0 saturated heterocycles. The van der Waals surface area contributed by atoms with Crippen LogP contribution in [0.25, 0.3) is 0 Å². The van der Waals surface area contributed by atoms with Gasteiger partial charge < -0.3 is 10.2 Å². The second kappa shape index (κ2) is 6.16. The van der Waals surface area contributed by atoms with Crippen molar-refractivity contribution in [3.63, 3.8) is 0 Å². The highest BCUT2D eigenvalue weighted by molar-refractivity contribution is 5.33. The molecule has 0 aromatic heterocycles. The van der Waals surface area contributed by atoms with Crippen molar-refractivity contribution in [1.82, 2.24) is 0 Å². The third kappa shape index (κ3) is 2.89. The van der Waals surface area contributed by atoms with E-state index in [0.29, 0.717) is 5.56 Å². The van der Waals surface area contributed by atoms with Crippen molar-refractivity contribution in [2.75, 3.05) is 13.2 Å². The molecule has 0 unspecified atom stereocenters. The van der Waals surface area contributed by atoms with Gasteiger partial charge in [-0.2, -0.15) is 0 Å². The second-order valence-corrected chi connectivity index (χ2v) is 5.23. The summed E-state index contributed by atoms with van der Waals surface area (Å²) in [6.45, 7) is 1.48. The van der Waals surface area contributed by atoms with Crippen molar-refractivity contribution >= 4 is 0 Å². The molecule has 0 amide bonds. The minimum Gasteiger partial charge on any atom is -0.395 e. The lowest BCUT2D eigenvalue weighted by Gasteiger charge is -2.31. The monoisotopic (exact) mass is 274 g/mol. The molecule has 2 N–H and O–H groups in total. The Morgan fingerprint density at radius 2 is 1.70 bits per heavy atom. The van der Waals surface area contributed by atoms with Gasteiger partial charge in [-0.15, -0.1) is 0 Å². The van der Waals surface area contributed by atoms with E-state index in [9.17, 15) is 14.6 Å². The average Bonchev–Trinajstić information content (AvgIpc) is 2.47. The maximum atomic E-state index is 13.8. The summed E-state index contributed by atoms with van der Waals surface area (Å²) in [6, 6.07) is 14.1. The lowest BCUT2D eigenvalue weighted by atomic mass is 9.76. The topological polar surface area (TPSA) is 40.5 Å². The van der Waals surface area contributed by atoms with E-state index >= 15 is 0 Å². The highest BCUT2D eigenvalue weighted by atomic mass is 19.1. The van der Waals surface area contributed by atoms with Crippen LogP contribution in [0.1, 0.15) is 16.7 Å². The Morgan fingerprint density at radius 3 is 2.30 bits per heavy atom. The van der Waals surface area contributed by atoms with Gasteiger partial charge >= 0.3 is 0 Å². The van der Waals surface area contributed by atoms with E-state index in [1.165, 1.54) is 6.07 Å². The van der Waals surface area contributed by atoms with Gasteiger partial charge in [-0.05, 0) is 30.5 Å². The molecule has 0 aliphatic carbocycles. The number of aryl methyl sites for hydroxylation is 1. The van der Waals surface area contributed by atoms with Gasteiger partial charge in [0.15, 0.2) is 0 Å². The molecule has 0 atom stereocenters. The predicted molar refractivity (Wildman–Crippen MR) is 77.1 cm³/mol. The van der Waals surface area contributed by atoms with Crippen LogP contribution in [0.3, 0.4) is 0 Å². The summed E-state index contributed by atoms with van der Waals surface area (Å²) in [7, 11) is 0. The van der Waals surface area contributed by atoms with Gasteiger partial charge in [-0.25, -0.2) is 4.39 Å². The van der Waals surface area contributed by atoms with Crippen molar-refractivity contribution < 1.29 is 14.6 Å². The Morgan fingerprint density at radius 1 is 1.00 bits per heavy atom. The van der Waals surface area contributed by atoms with Crippen molar-refractivity contribution in [1.29, 1.82) is 0 Å². The Hall–Kier alpha value is -1.71. The number of hydrogen-bond donors (Lipinski definition) is 2. The number of hydrogen-bond acceptors (Lipinski definition) is 2. The van der Waals surface area contributed by atoms with E-state index in [1.54, 1.807) is 18.2 Å². The van der Waals surface area contributed by atoms with Crippen LogP contribution >= 0.6 is 0 Å². The Bertz CT molecular complexity index is 577. The number of halogens is 1. The summed E-state index contributed by atoms with van der Waals surface area (Å²) in [5, 5.41) is 19.6. The van der Waals surface area contributed by atoms with E-state index in [0.717, 1.165) is 11.1 Å². The van der Waals surface area contributed by atoms with Gasteiger partial charge in [0, 0.05) is 5.41 Å². The number of aliphatic hydroxyl groups excluding tert-OH is 2. The van der Waals surface area contributed by atoms with Gasteiger partial charge in [0.25, 0.3) is 0 Å². The van der Waals surface area contributed by atoms with Crippen LogP contribution in [-0.2, 0) is 11.8 Å². The maximum Gasteiger partial charge on any atom is 0.126 e. The van der Waals surface area contributed by atoms with Crippen molar-refractivity contribution in [2.45, 2.75) is 18.8 Å². The normalized spacial score (nSPS) is 11.6. The smallest absolute Gasteiger partial charge is 0.126 e. The minimum atomic E-state index is -0.867. The van der Waals surface area contributed by atoms with E-state index < -0.39 is 5.41 Å². The van der Waals surface area contributed by atoms with E-state index in [1.807, 2.05) is 31.2 Å². The number of benzene rings is 2. The molecule has 2 rings (SSSR count).